The van der Waals surface area contributed by atoms with Gasteiger partial charge in [-0.3, -0.25) is 15.1 Å². The van der Waals surface area contributed by atoms with Crippen LogP contribution in [-0.2, 0) is 14.6 Å². The van der Waals surface area contributed by atoms with E-state index in [-0.39, 0.29) is 10.6 Å². The van der Waals surface area contributed by atoms with Crippen molar-refractivity contribution in [3.05, 3.63) is 18.5 Å². The zero-order valence-corrected chi connectivity index (χ0v) is 10.3. The number of anilines is 1. The van der Waals surface area contributed by atoms with Crippen molar-refractivity contribution in [3.63, 3.8) is 0 Å². The number of urea groups is 1. The van der Waals surface area contributed by atoms with Gasteiger partial charge in [-0.2, -0.15) is 0 Å². The Balaban J connectivity index is 3.12. The molecule has 0 bridgehead atoms. The Morgan fingerprint density at radius 1 is 1.44 bits per heavy atom. The van der Waals surface area contributed by atoms with Crippen LogP contribution in [0, 0.1) is 0 Å². The van der Waals surface area contributed by atoms with E-state index < -0.39 is 27.0 Å². The van der Waals surface area contributed by atoms with E-state index in [9.17, 15) is 18.0 Å². The minimum Gasteiger partial charge on any atom is -0.396 e. The van der Waals surface area contributed by atoms with Crippen molar-refractivity contribution < 1.29 is 18.0 Å². The van der Waals surface area contributed by atoms with Gasteiger partial charge in [-0.1, -0.05) is 0 Å². The van der Waals surface area contributed by atoms with Crippen LogP contribution < -0.4 is 16.8 Å². The molecule has 0 saturated heterocycles. The SMILES string of the molecule is CC(C(=O)NC(N)=O)S(=O)(=O)c1ccncc1N. The summed E-state index contributed by atoms with van der Waals surface area (Å²) >= 11 is 0. The monoisotopic (exact) mass is 272 g/mol. The maximum Gasteiger partial charge on any atom is 0.318 e. The molecule has 9 heteroatoms. The first-order valence-electron chi connectivity index (χ1n) is 4.80. The number of nitrogens with one attached hydrogen (secondary N) is 1. The lowest BCUT2D eigenvalue weighted by Crippen LogP contribution is -2.43. The standard InChI is InChI=1S/C9H12N4O4S/c1-5(8(14)13-9(11)15)18(16,17)7-2-3-12-4-6(7)10/h2-5H,10H2,1H3,(H3,11,13,14,15). The minimum absolute atomic E-state index is 0.0729. The molecule has 0 spiro atoms. The Hall–Kier alpha value is -2.16. The fourth-order valence-corrected chi connectivity index (χ4v) is 2.56. The number of pyridine rings is 1. The third kappa shape index (κ3) is 2.74. The van der Waals surface area contributed by atoms with Gasteiger partial charge in [0.1, 0.15) is 5.25 Å². The molecule has 0 aromatic carbocycles. The second-order valence-electron chi connectivity index (χ2n) is 3.45. The number of imide groups is 1. The number of hydrogen-bond donors (Lipinski definition) is 3. The van der Waals surface area contributed by atoms with Crippen LogP contribution in [0.3, 0.4) is 0 Å². The van der Waals surface area contributed by atoms with Crippen molar-refractivity contribution in [2.75, 3.05) is 5.73 Å². The molecule has 1 aromatic heterocycles. The summed E-state index contributed by atoms with van der Waals surface area (Å²) in [5, 5.41) is 0.211. The molecule has 0 radical (unpaired) electrons. The molecule has 1 heterocycles. The fraction of sp³-hybridized carbons (Fsp3) is 0.222. The van der Waals surface area contributed by atoms with Crippen molar-refractivity contribution in [2.24, 2.45) is 5.73 Å². The van der Waals surface area contributed by atoms with E-state index in [0.717, 1.165) is 13.1 Å². The number of carbonyl (C=O) groups excluding carboxylic acids is 2. The molecule has 1 atom stereocenters. The molecule has 0 aliphatic rings. The number of hydrogen-bond acceptors (Lipinski definition) is 6. The summed E-state index contributed by atoms with van der Waals surface area (Å²) < 4.78 is 24.1. The van der Waals surface area contributed by atoms with E-state index in [1.165, 1.54) is 12.3 Å². The summed E-state index contributed by atoms with van der Waals surface area (Å²) in [6.07, 6.45) is 2.40. The number of primary amides is 1. The normalized spacial score (nSPS) is 12.7. The zero-order chi connectivity index (χ0) is 13.9. The average Bonchev–Trinajstić information content (AvgIpc) is 2.27. The molecule has 18 heavy (non-hydrogen) atoms. The molecule has 0 fully saturated rings. The fourth-order valence-electron chi connectivity index (χ4n) is 1.21. The summed E-state index contributed by atoms with van der Waals surface area (Å²) in [5.74, 6) is -1.02. The van der Waals surface area contributed by atoms with Crippen LogP contribution in [-0.4, -0.2) is 30.6 Å². The highest BCUT2D eigenvalue weighted by molar-refractivity contribution is 7.93. The number of rotatable bonds is 3. The minimum atomic E-state index is -4.00. The number of nitrogen functional groups attached to an aromatic ring is 1. The molecule has 3 amide bonds. The second kappa shape index (κ2) is 5.00. The van der Waals surface area contributed by atoms with Crippen LogP contribution >= 0.6 is 0 Å². The van der Waals surface area contributed by atoms with Crippen LogP contribution in [0.4, 0.5) is 10.5 Å². The van der Waals surface area contributed by atoms with Gasteiger partial charge in [0.15, 0.2) is 9.84 Å². The largest absolute Gasteiger partial charge is 0.396 e. The Morgan fingerprint density at radius 3 is 2.56 bits per heavy atom. The lowest BCUT2D eigenvalue weighted by Gasteiger charge is -2.12. The van der Waals surface area contributed by atoms with Crippen molar-refractivity contribution >= 4 is 27.5 Å². The highest BCUT2D eigenvalue weighted by Crippen LogP contribution is 2.21. The number of carbonyl (C=O) groups is 2. The average molecular weight is 272 g/mol. The maximum atomic E-state index is 12.1. The van der Waals surface area contributed by atoms with Gasteiger partial charge in [0.05, 0.1) is 16.8 Å². The molecule has 1 aromatic rings. The number of aromatic nitrogens is 1. The molecule has 0 aliphatic heterocycles. The van der Waals surface area contributed by atoms with Crippen LogP contribution in [0.2, 0.25) is 0 Å². The third-order valence-corrected chi connectivity index (χ3v) is 4.33. The van der Waals surface area contributed by atoms with Crippen LogP contribution in [0.15, 0.2) is 23.4 Å². The topological polar surface area (TPSA) is 145 Å². The van der Waals surface area contributed by atoms with Gasteiger partial charge in [-0.05, 0) is 13.0 Å². The summed E-state index contributed by atoms with van der Waals surface area (Å²) in [6, 6.07) is 0.0587. The summed E-state index contributed by atoms with van der Waals surface area (Å²) in [6.45, 7) is 1.13. The van der Waals surface area contributed by atoms with Gasteiger partial charge in [0.25, 0.3) is 0 Å². The molecule has 1 rings (SSSR count). The predicted octanol–water partition coefficient (Wildman–Crippen LogP) is -0.979. The maximum absolute atomic E-state index is 12.1. The van der Waals surface area contributed by atoms with Gasteiger partial charge >= 0.3 is 6.03 Å². The van der Waals surface area contributed by atoms with Crippen LogP contribution in [0.25, 0.3) is 0 Å². The van der Waals surface area contributed by atoms with E-state index in [0.29, 0.717) is 0 Å². The predicted molar refractivity (Wildman–Crippen MR) is 63.0 cm³/mol. The molecule has 8 nitrogen and oxygen atoms in total. The number of nitrogens with two attached hydrogens (primary N) is 2. The summed E-state index contributed by atoms with van der Waals surface area (Å²) in [5.41, 5.74) is 10.2. The zero-order valence-electron chi connectivity index (χ0n) is 9.45. The van der Waals surface area contributed by atoms with E-state index in [1.807, 2.05) is 0 Å². The van der Waals surface area contributed by atoms with Gasteiger partial charge < -0.3 is 11.5 Å². The van der Waals surface area contributed by atoms with Gasteiger partial charge in [-0.25, -0.2) is 13.2 Å². The van der Waals surface area contributed by atoms with Gasteiger partial charge in [0, 0.05) is 6.20 Å². The quantitative estimate of drug-likeness (QED) is 0.644. The molecular weight excluding hydrogens is 260 g/mol. The first kappa shape index (κ1) is 13.9. The van der Waals surface area contributed by atoms with Crippen molar-refractivity contribution in [1.29, 1.82) is 0 Å². The molecule has 98 valence electrons. The Labute approximate surface area is 103 Å². The highest BCUT2D eigenvalue weighted by atomic mass is 32.2. The van der Waals surface area contributed by atoms with E-state index in [2.05, 4.69) is 4.98 Å². The third-order valence-electron chi connectivity index (χ3n) is 2.20. The van der Waals surface area contributed by atoms with E-state index >= 15 is 0 Å². The molecule has 5 N–H and O–H groups in total. The highest BCUT2D eigenvalue weighted by Gasteiger charge is 2.31. The number of sulfone groups is 1. The lowest BCUT2D eigenvalue weighted by atomic mass is 10.4. The first-order valence-corrected chi connectivity index (χ1v) is 6.35. The van der Waals surface area contributed by atoms with Gasteiger partial charge in [-0.15, -0.1) is 0 Å². The van der Waals surface area contributed by atoms with E-state index in [1.54, 1.807) is 5.32 Å². The van der Waals surface area contributed by atoms with E-state index in [4.69, 9.17) is 11.5 Å². The Bertz CT molecular complexity index is 584. The molecule has 0 saturated carbocycles. The van der Waals surface area contributed by atoms with Crippen LogP contribution in [0.1, 0.15) is 6.92 Å². The van der Waals surface area contributed by atoms with Crippen LogP contribution in [0.5, 0.6) is 0 Å². The van der Waals surface area contributed by atoms with Gasteiger partial charge in [0.2, 0.25) is 5.91 Å². The summed E-state index contributed by atoms with van der Waals surface area (Å²) in [7, 11) is -4.00. The summed E-state index contributed by atoms with van der Waals surface area (Å²) in [4.78, 5) is 25.4. The number of amides is 3. The first-order chi connectivity index (χ1) is 8.26. The molecular formula is C9H12N4O4S. The molecule has 0 aliphatic carbocycles. The lowest BCUT2D eigenvalue weighted by molar-refractivity contribution is -0.119. The van der Waals surface area contributed by atoms with Crippen molar-refractivity contribution in [1.82, 2.24) is 10.3 Å². The Kier molecular flexibility index (Phi) is 3.86. The van der Waals surface area contributed by atoms with Crippen molar-refractivity contribution in [2.45, 2.75) is 17.1 Å². The second-order valence-corrected chi connectivity index (χ2v) is 5.69. The number of nitrogens with zero attached hydrogens (tertiary/aromatic N) is 1. The van der Waals surface area contributed by atoms with Crippen molar-refractivity contribution in [3.8, 4) is 0 Å². The Morgan fingerprint density at radius 2 is 2.06 bits per heavy atom. The molecule has 1 unspecified atom stereocenters. The smallest absolute Gasteiger partial charge is 0.318 e.